The summed E-state index contributed by atoms with van der Waals surface area (Å²) in [6.07, 6.45) is 0.864. The molecular formula is C19H23ClN2O. The SMILES string of the molecule is CC(CN)C(=O)N1Cc2ccccc2CC1c1ccccc1.Cl. The largest absolute Gasteiger partial charge is 0.331 e. The third kappa shape index (κ3) is 3.57. The lowest BCUT2D eigenvalue weighted by Gasteiger charge is -2.38. The maximum Gasteiger partial charge on any atom is 0.227 e. The highest BCUT2D eigenvalue weighted by atomic mass is 35.5. The molecule has 2 aromatic carbocycles. The highest BCUT2D eigenvalue weighted by Crippen LogP contribution is 2.34. The summed E-state index contributed by atoms with van der Waals surface area (Å²) in [7, 11) is 0. The minimum Gasteiger partial charge on any atom is -0.331 e. The van der Waals surface area contributed by atoms with Gasteiger partial charge in [-0.05, 0) is 23.1 Å². The molecule has 2 unspecified atom stereocenters. The number of fused-ring (bicyclic) bond motifs is 1. The molecule has 0 saturated carbocycles. The van der Waals surface area contributed by atoms with E-state index in [0.29, 0.717) is 13.1 Å². The van der Waals surface area contributed by atoms with Crippen LogP contribution in [0.15, 0.2) is 54.6 Å². The molecule has 122 valence electrons. The number of carbonyl (C=O) groups is 1. The Balaban J connectivity index is 0.00000192. The number of rotatable bonds is 3. The van der Waals surface area contributed by atoms with Crippen molar-refractivity contribution in [1.82, 2.24) is 4.90 Å². The van der Waals surface area contributed by atoms with Gasteiger partial charge in [-0.25, -0.2) is 0 Å². The zero-order valence-corrected chi connectivity index (χ0v) is 14.1. The zero-order valence-electron chi connectivity index (χ0n) is 13.3. The molecule has 1 amide bonds. The van der Waals surface area contributed by atoms with Gasteiger partial charge in [0.05, 0.1) is 6.04 Å². The number of amides is 1. The smallest absolute Gasteiger partial charge is 0.227 e. The van der Waals surface area contributed by atoms with Gasteiger partial charge in [-0.3, -0.25) is 4.79 Å². The predicted molar refractivity (Wildman–Crippen MR) is 95.3 cm³/mol. The van der Waals surface area contributed by atoms with Crippen molar-refractivity contribution in [2.45, 2.75) is 25.9 Å². The van der Waals surface area contributed by atoms with Crippen LogP contribution in [0.2, 0.25) is 0 Å². The highest BCUT2D eigenvalue weighted by molar-refractivity contribution is 5.85. The zero-order chi connectivity index (χ0) is 15.5. The van der Waals surface area contributed by atoms with Crippen molar-refractivity contribution in [2.75, 3.05) is 6.54 Å². The summed E-state index contributed by atoms with van der Waals surface area (Å²) in [6, 6.07) is 18.8. The second-order valence-electron chi connectivity index (χ2n) is 6.00. The van der Waals surface area contributed by atoms with Crippen molar-refractivity contribution in [1.29, 1.82) is 0 Å². The Hall–Kier alpha value is -1.84. The first-order valence-electron chi connectivity index (χ1n) is 7.83. The molecule has 2 aromatic rings. The van der Waals surface area contributed by atoms with E-state index in [2.05, 4.69) is 30.3 Å². The lowest BCUT2D eigenvalue weighted by Crippen LogP contribution is -2.43. The minimum absolute atomic E-state index is 0. The Morgan fingerprint density at radius 2 is 1.74 bits per heavy atom. The molecule has 0 spiro atoms. The molecular weight excluding hydrogens is 308 g/mol. The van der Waals surface area contributed by atoms with Crippen LogP contribution in [0.3, 0.4) is 0 Å². The number of nitrogens with zero attached hydrogens (tertiary/aromatic N) is 1. The molecule has 0 fully saturated rings. The van der Waals surface area contributed by atoms with Crippen LogP contribution < -0.4 is 5.73 Å². The van der Waals surface area contributed by atoms with Crippen molar-refractivity contribution < 1.29 is 4.79 Å². The maximum atomic E-state index is 12.8. The van der Waals surface area contributed by atoms with Crippen LogP contribution in [0.5, 0.6) is 0 Å². The van der Waals surface area contributed by atoms with E-state index in [1.165, 1.54) is 16.7 Å². The molecule has 4 heteroatoms. The number of benzene rings is 2. The van der Waals surface area contributed by atoms with Crippen LogP contribution in [0.25, 0.3) is 0 Å². The monoisotopic (exact) mass is 330 g/mol. The Bertz CT molecular complexity index is 659. The number of carbonyl (C=O) groups excluding carboxylic acids is 1. The van der Waals surface area contributed by atoms with Crippen molar-refractivity contribution in [3.05, 3.63) is 71.3 Å². The summed E-state index contributed by atoms with van der Waals surface area (Å²) in [5.74, 6) is 0.00216. The Labute approximate surface area is 143 Å². The molecule has 0 bridgehead atoms. The van der Waals surface area contributed by atoms with Gasteiger partial charge in [-0.2, -0.15) is 0 Å². The molecule has 3 rings (SSSR count). The maximum absolute atomic E-state index is 12.8. The fraction of sp³-hybridized carbons (Fsp3) is 0.316. The second-order valence-corrected chi connectivity index (χ2v) is 6.00. The molecule has 2 atom stereocenters. The topological polar surface area (TPSA) is 46.3 Å². The van der Waals surface area contributed by atoms with Gasteiger partial charge in [0.25, 0.3) is 0 Å². The number of hydrogen-bond acceptors (Lipinski definition) is 2. The summed E-state index contributed by atoms with van der Waals surface area (Å²) >= 11 is 0. The molecule has 1 aliphatic heterocycles. The average Bonchev–Trinajstić information content (AvgIpc) is 2.60. The molecule has 0 aliphatic carbocycles. The van der Waals surface area contributed by atoms with E-state index in [-0.39, 0.29) is 30.3 Å². The number of halogens is 1. The van der Waals surface area contributed by atoms with Crippen LogP contribution in [-0.4, -0.2) is 17.4 Å². The normalized spacial score (nSPS) is 17.8. The van der Waals surface area contributed by atoms with E-state index in [9.17, 15) is 4.79 Å². The molecule has 0 radical (unpaired) electrons. The third-order valence-corrected chi connectivity index (χ3v) is 4.49. The van der Waals surface area contributed by atoms with Gasteiger partial charge in [0.15, 0.2) is 0 Å². The van der Waals surface area contributed by atoms with Crippen LogP contribution in [-0.2, 0) is 17.8 Å². The Kier molecular flexibility index (Phi) is 5.80. The quantitative estimate of drug-likeness (QED) is 0.938. The first-order chi connectivity index (χ1) is 10.7. The lowest BCUT2D eigenvalue weighted by molar-refractivity contribution is -0.138. The van der Waals surface area contributed by atoms with Crippen LogP contribution in [0.4, 0.5) is 0 Å². The summed E-state index contributed by atoms with van der Waals surface area (Å²) in [5.41, 5.74) is 9.48. The molecule has 2 N–H and O–H groups in total. The average molecular weight is 331 g/mol. The molecule has 1 aliphatic rings. The minimum atomic E-state index is -0.142. The van der Waals surface area contributed by atoms with Gasteiger partial charge in [0, 0.05) is 19.0 Å². The molecule has 23 heavy (non-hydrogen) atoms. The summed E-state index contributed by atoms with van der Waals surface area (Å²) in [4.78, 5) is 14.8. The summed E-state index contributed by atoms with van der Waals surface area (Å²) < 4.78 is 0. The van der Waals surface area contributed by atoms with Crippen molar-refractivity contribution in [2.24, 2.45) is 11.7 Å². The van der Waals surface area contributed by atoms with E-state index in [0.717, 1.165) is 6.42 Å². The first-order valence-corrected chi connectivity index (χ1v) is 7.83. The Morgan fingerprint density at radius 1 is 1.13 bits per heavy atom. The fourth-order valence-corrected chi connectivity index (χ4v) is 3.11. The number of nitrogens with two attached hydrogens (primary N) is 1. The van der Waals surface area contributed by atoms with Crippen LogP contribution in [0.1, 0.15) is 29.7 Å². The molecule has 1 heterocycles. The van der Waals surface area contributed by atoms with Gasteiger partial charge in [0.1, 0.15) is 0 Å². The summed E-state index contributed by atoms with van der Waals surface area (Å²) in [5, 5.41) is 0. The highest BCUT2D eigenvalue weighted by Gasteiger charge is 2.32. The predicted octanol–water partition coefficient (Wildman–Crippen LogP) is 3.33. The van der Waals surface area contributed by atoms with Crippen LogP contribution in [0, 0.1) is 5.92 Å². The van der Waals surface area contributed by atoms with Gasteiger partial charge in [0.2, 0.25) is 5.91 Å². The van der Waals surface area contributed by atoms with E-state index in [4.69, 9.17) is 5.73 Å². The van der Waals surface area contributed by atoms with Gasteiger partial charge < -0.3 is 10.6 Å². The van der Waals surface area contributed by atoms with Gasteiger partial charge in [-0.15, -0.1) is 12.4 Å². The van der Waals surface area contributed by atoms with Crippen molar-refractivity contribution in [3.63, 3.8) is 0 Å². The van der Waals surface area contributed by atoms with Crippen molar-refractivity contribution >= 4 is 18.3 Å². The first kappa shape index (κ1) is 17.5. The summed E-state index contributed by atoms with van der Waals surface area (Å²) in [6.45, 7) is 2.96. The van der Waals surface area contributed by atoms with Gasteiger partial charge >= 0.3 is 0 Å². The van der Waals surface area contributed by atoms with E-state index in [1.54, 1.807) is 0 Å². The van der Waals surface area contributed by atoms with Gasteiger partial charge in [-0.1, -0.05) is 61.5 Å². The third-order valence-electron chi connectivity index (χ3n) is 4.49. The fourth-order valence-electron chi connectivity index (χ4n) is 3.11. The standard InChI is InChI=1S/C19H22N2O.ClH/c1-14(12-20)19(22)21-13-17-10-6-5-9-16(17)11-18(21)15-7-3-2-4-8-15;/h2-10,14,18H,11-13,20H2,1H3;1H. The van der Waals surface area contributed by atoms with Crippen molar-refractivity contribution in [3.8, 4) is 0 Å². The van der Waals surface area contributed by atoms with E-state index in [1.807, 2.05) is 36.1 Å². The van der Waals surface area contributed by atoms with E-state index >= 15 is 0 Å². The van der Waals surface area contributed by atoms with E-state index < -0.39 is 0 Å². The molecule has 0 saturated heterocycles. The number of hydrogen-bond donors (Lipinski definition) is 1. The lowest BCUT2D eigenvalue weighted by atomic mass is 9.89. The second kappa shape index (κ2) is 7.62. The van der Waals surface area contributed by atoms with Crippen LogP contribution >= 0.6 is 12.4 Å². The Morgan fingerprint density at radius 3 is 2.39 bits per heavy atom. The molecule has 3 nitrogen and oxygen atoms in total. The molecule has 0 aromatic heterocycles.